The van der Waals surface area contributed by atoms with Gasteiger partial charge < -0.3 is 9.47 Å². The van der Waals surface area contributed by atoms with Gasteiger partial charge in [0.2, 0.25) is 5.78 Å². The maximum absolute atomic E-state index is 12.9. The van der Waals surface area contributed by atoms with Crippen LogP contribution < -0.4 is 10.0 Å². The van der Waals surface area contributed by atoms with Gasteiger partial charge in [0.1, 0.15) is 12.3 Å². The highest BCUT2D eigenvalue weighted by Crippen LogP contribution is 2.23. The average molecular weight is 482 g/mol. The van der Waals surface area contributed by atoms with Crippen molar-refractivity contribution in [1.82, 2.24) is 4.98 Å². The van der Waals surface area contributed by atoms with E-state index in [4.69, 9.17) is 9.47 Å². The highest BCUT2D eigenvalue weighted by molar-refractivity contribution is 7.92. The van der Waals surface area contributed by atoms with E-state index in [1.807, 2.05) is 0 Å². The van der Waals surface area contributed by atoms with Gasteiger partial charge in [-0.3, -0.25) is 19.8 Å². The minimum atomic E-state index is -4.00. The van der Waals surface area contributed by atoms with E-state index in [0.29, 0.717) is 12.3 Å². The molecule has 3 aromatic rings. The number of pyridine rings is 1. The van der Waals surface area contributed by atoms with Crippen LogP contribution in [0.2, 0.25) is 0 Å². The van der Waals surface area contributed by atoms with E-state index in [1.54, 1.807) is 30.3 Å². The molecule has 0 aliphatic carbocycles. The molecule has 10 heteroatoms. The minimum Gasteiger partial charge on any atom is -0.447 e. The number of carbonyl (C=O) groups excluding carboxylic acids is 2. The molecule has 2 N–H and O–H groups in total. The van der Waals surface area contributed by atoms with Gasteiger partial charge in [-0.05, 0) is 61.4 Å². The number of hydrogen-bond acceptors (Lipinski definition) is 7. The molecule has 2 heterocycles. The van der Waals surface area contributed by atoms with E-state index in [9.17, 15) is 18.0 Å². The summed E-state index contributed by atoms with van der Waals surface area (Å²) in [6.45, 7) is 0.834. The molecule has 2 aromatic carbocycles. The molecule has 4 rings (SSSR count). The third-order valence-electron chi connectivity index (χ3n) is 5.15. The van der Waals surface area contributed by atoms with Crippen molar-refractivity contribution >= 4 is 33.3 Å². The van der Waals surface area contributed by atoms with Crippen LogP contribution in [-0.2, 0) is 19.5 Å². The Balaban J connectivity index is 1.43. The lowest BCUT2D eigenvalue weighted by Crippen LogP contribution is -2.21. The van der Waals surface area contributed by atoms with Gasteiger partial charge in [0.25, 0.3) is 10.0 Å². The predicted octanol–water partition coefficient (Wildman–Crippen LogP) is 3.84. The number of para-hydroxylation sites is 1. The largest absolute Gasteiger partial charge is 0.447 e. The maximum Gasteiger partial charge on any atom is 0.411 e. The summed E-state index contributed by atoms with van der Waals surface area (Å²) in [6.07, 6.45) is 2.56. The summed E-state index contributed by atoms with van der Waals surface area (Å²) in [5.41, 5.74) is 0.896. The van der Waals surface area contributed by atoms with Crippen LogP contribution in [0.4, 0.5) is 16.2 Å². The zero-order valence-electron chi connectivity index (χ0n) is 18.1. The molecule has 1 aliphatic heterocycles. The van der Waals surface area contributed by atoms with Crippen LogP contribution in [0.25, 0.3) is 0 Å². The van der Waals surface area contributed by atoms with Crippen molar-refractivity contribution in [2.75, 3.05) is 23.3 Å². The maximum atomic E-state index is 12.9. The molecule has 1 fully saturated rings. The number of nitrogens with one attached hydrogen (secondary N) is 2. The van der Waals surface area contributed by atoms with Crippen LogP contribution in [0, 0.1) is 0 Å². The summed E-state index contributed by atoms with van der Waals surface area (Å²) in [6, 6.07) is 16.8. The lowest BCUT2D eigenvalue weighted by molar-refractivity contribution is 0.0484. The van der Waals surface area contributed by atoms with Crippen molar-refractivity contribution in [1.29, 1.82) is 0 Å². The molecule has 0 spiro atoms. The summed E-state index contributed by atoms with van der Waals surface area (Å²) >= 11 is 0. The Bertz CT molecular complexity index is 1260. The fraction of sp³-hybridized carbons (Fsp3) is 0.208. The van der Waals surface area contributed by atoms with Crippen LogP contribution in [-0.4, -0.2) is 44.6 Å². The number of ether oxygens (including phenoxy) is 2. The molecule has 0 radical (unpaired) electrons. The minimum absolute atomic E-state index is 0.0362. The SMILES string of the molecule is O=C(Nc1ccc(S(=O)(=O)Nc2ccccc2C(=O)c2ccccn2)cc1)OC[C@H]1CCCO1. The molecule has 1 aromatic heterocycles. The van der Waals surface area contributed by atoms with Gasteiger partial charge in [-0.25, -0.2) is 13.2 Å². The predicted molar refractivity (Wildman–Crippen MR) is 125 cm³/mol. The van der Waals surface area contributed by atoms with E-state index in [-0.39, 0.29) is 34.6 Å². The van der Waals surface area contributed by atoms with Crippen molar-refractivity contribution in [3.63, 3.8) is 0 Å². The van der Waals surface area contributed by atoms with E-state index in [2.05, 4.69) is 15.0 Å². The number of ketones is 1. The quantitative estimate of drug-likeness (QED) is 0.469. The van der Waals surface area contributed by atoms with Gasteiger partial charge in [-0.1, -0.05) is 18.2 Å². The standard InChI is InChI=1S/C24H23N3O6S/c28-23(22-9-3-4-14-25-22)20-7-1-2-8-21(20)27-34(30,31)19-12-10-17(11-13-19)26-24(29)33-16-18-6-5-15-32-18/h1-4,7-14,18,27H,5-6,15-16H2,(H,26,29)/t18-/m1/s1. The molecule has 0 bridgehead atoms. The summed E-state index contributed by atoms with van der Waals surface area (Å²) in [5.74, 6) is -0.403. The van der Waals surface area contributed by atoms with Crippen molar-refractivity contribution in [3.05, 3.63) is 84.2 Å². The lowest BCUT2D eigenvalue weighted by Gasteiger charge is -2.13. The number of rotatable bonds is 8. The first-order valence-corrected chi connectivity index (χ1v) is 12.1. The average Bonchev–Trinajstić information content (AvgIpc) is 3.37. The molecular weight excluding hydrogens is 458 g/mol. The number of carbonyl (C=O) groups is 2. The van der Waals surface area contributed by atoms with Crippen molar-refractivity contribution in [3.8, 4) is 0 Å². The van der Waals surface area contributed by atoms with Crippen LogP contribution in [0.3, 0.4) is 0 Å². The third-order valence-corrected chi connectivity index (χ3v) is 6.53. The highest BCUT2D eigenvalue weighted by Gasteiger charge is 2.21. The first-order chi connectivity index (χ1) is 16.4. The molecule has 0 unspecified atom stereocenters. The molecule has 34 heavy (non-hydrogen) atoms. The normalized spacial score (nSPS) is 15.5. The molecule has 1 aliphatic rings. The van der Waals surface area contributed by atoms with E-state index in [0.717, 1.165) is 12.8 Å². The van der Waals surface area contributed by atoms with E-state index in [1.165, 1.54) is 42.6 Å². The fourth-order valence-electron chi connectivity index (χ4n) is 3.42. The first kappa shape index (κ1) is 23.4. The summed E-state index contributed by atoms with van der Waals surface area (Å²) < 4.78 is 38.9. The number of amides is 1. The second kappa shape index (κ2) is 10.4. The van der Waals surface area contributed by atoms with Gasteiger partial charge in [-0.2, -0.15) is 0 Å². The van der Waals surface area contributed by atoms with Crippen LogP contribution in [0.15, 0.2) is 77.8 Å². The number of hydrogen-bond donors (Lipinski definition) is 2. The molecule has 9 nitrogen and oxygen atoms in total. The van der Waals surface area contributed by atoms with Crippen molar-refractivity contribution < 1.29 is 27.5 Å². The van der Waals surface area contributed by atoms with Crippen LogP contribution in [0.1, 0.15) is 28.9 Å². The van der Waals surface area contributed by atoms with E-state index < -0.39 is 21.9 Å². The second-order valence-corrected chi connectivity index (χ2v) is 9.26. The molecule has 1 atom stereocenters. The smallest absolute Gasteiger partial charge is 0.411 e. The first-order valence-electron chi connectivity index (χ1n) is 10.7. The molecule has 0 saturated carbocycles. The third kappa shape index (κ3) is 5.77. The van der Waals surface area contributed by atoms with Crippen molar-refractivity contribution in [2.24, 2.45) is 0 Å². The Labute approximate surface area is 197 Å². The number of nitrogens with zero attached hydrogens (tertiary/aromatic N) is 1. The molecular formula is C24H23N3O6S. The fourth-order valence-corrected chi connectivity index (χ4v) is 4.50. The Morgan fingerprint density at radius 2 is 1.79 bits per heavy atom. The summed E-state index contributed by atoms with van der Waals surface area (Å²) in [4.78, 5) is 28.8. The van der Waals surface area contributed by atoms with Crippen molar-refractivity contribution in [2.45, 2.75) is 23.8 Å². The zero-order chi connectivity index (χ0) is 24.0. The molecule has 1 amide bonds. The second-order valence-electron chi connectivity index (χ2n) is 7.58. The van der Waals surface area contributed by atoms with E-state index >= 15 is 0 Å². The number of sulfonamides is 1. The number of benzene rings is 2. The Morgan fingerprint density at radius 3 is 2.50 bits per heavy atom. The lowest BCUT2D eigenvalue weighted by atomic mass is 10.1. The Morgan fingerprint density at radius 1 is 1.03 bits per heavy atom. The van der Waals surface area contributed by atoms with Crippen LogP contribution >= 0.6 is 0 Å². The zero-order valence-corrected chi connectivity index (χ0v) is 19.0. The van der Waals surface area contributed by atoms with Gasteiger partial charge in [0.05, 0.1) is 16.7 Å². The number of aromatic nitrogens is 1. The topological polar surface area (TPSA) is 124 Å². The Hall–Kier alpha value is -3.76. The molecule has 1 saturated heterocycles. The van der Waals surface area contributed by atoms with Gasteiger partial charge >= 0.3 is 6.09 Å². The van der Waals surface area contributed by atoms with Crippen LogP contribution in [0.5, 0.6) is 0 Å². The number of anilines is 2. The van der Waals surface area contributed by atoms with Gasteiger partial charge in [0.15, 0.2) is 0 Å². The highest BCUT2D eigenvalue weighted by atomic mass is 32.2. The van der Waals surface area contributed by atoms with Gasteiger partial charge in [-0.15, -0.1) is 0 Å². The Kier molecular flexibility index (Phi) is 7.19. The summed E-state index contributed by atoms with van der Waals surface area (Å²) in [5, 5.41) is 2.55. The monoisotopic (exact) mass is 481 g/mol. The van der Waals surface area contributed by atoms with Gasteiger partial charge in [0, 0.05) is 24.1 Å². The summed E-state index contributed by atoms with van der Waals surface area (Å²) in [7, 11) is -4.00. The molecule has 176 valence electrons.